The summed E-state index contributed by atoms with van der Waals surface area (Å²) in [6.45, 7) is 12.6. The minimum Gasteiger partial charge on any atom is -0.355 e. The summed E-state index contributed by atoms with van der Waals surface area (Å²) in [7, 11) is 0. The van der Waals surface area contributed by atoms with Crippen LogP contribution in [0.4, 0.5) is 0 Å². The van der Waals surface area contributed by atoms with E-state index in [-0.39, 0.29) is 11.8 Å². The molecule has 0 saturated heterocycles. The molecule has 3 nitrogen and oxygen atoms in total. The molecule has 0 heterocycles. The lowest BCUT2D eigenvalue weighted by Crippen LogP contribution is -2.38. The van der Waals surface area contributed by atoms with Crippen LogP contribution in [0.3, 0.4) is 0 Å². The van der Waals surface area contributed by atoms with Gasteiger partial charge in [-0.3, -0.25) is 4.79 Å². The number of carbonyl (C=O) groups is 1. The molecule has 2 unspecified atom stereocenters. The predicted octanol–water partition coefficient (Wildman–Crippen LogP) is 3.34. The van der Waals surface area contributed by atoms with E-state index >= 15 is 0 Å². The largest absolute Gasteiger partial charge is 0.355 e. The molecule has 118 valence electrons. The highest BCUT2D eigenvalue weighted by Gasteiger charge is 2.27. The maximum atomic E-state index is 11.5. The van der Waals surface area contributed by atoms with E-state index in [4.69, 9.17) is 0 Å². The fourth-order valence-electron chi connectivity index (χ4n) is 3.04. The van der Waals surface area contributed by atoms with Gasteiger partial charge in [0.15, 0.2) is 0 Å². The van der Waals surface area contributed by atoms with Crippen molar-refractivity contribution in [2.45, 2.75) is 72.8 Å². The lowest BCUT2D eigenvalue weighted by Gasteiger charge is -2.29. The third-order valence-corrected chi connectivity index (χ3v) is 4.58. The molecular formula is C17H34N2O. The molecule has 0 aliphatic heterocycles. The second-order valence-electron chi connectivity index (χ2n) is 7.67. The van der Waals surface area contributed by atoms with Gasteiger partial charge in [-0.15, -0.1) is 0 Å². The molecule has 1 aliphatic rings. The van der Waals surface area contributed by atoms with Crippen molar-refractivity contribution in [1.82, 2.24) is 10.6 Å². The zero-order valence-corrected chi connectivity index (χ0v) is 14.1. The summed E-state index contributed by atoms with van der Waals surface area (Å²) in [5, 5.41) is 6.58. The van der Waals surface area contributed by atoms with E-state index in [2.05, 4.69) is 31.4 Å². The van der Waals surface area contributed by atoms with Gasteiger partial charge in [0.25, 0.3) is 0 Å². The second kappa shape index (κ2) is 8.02. The first-order valence-electron chi connectivity index (χ1n) is 8.31. The van der Waals surface area contributed by atoms with Crippen molar-refractivity contribution in [2.24, 2.45) is 17.3 Å². The van der Waals surface area contributed by atoms with Crippen molar-refractivity contribution in [3.05, 3.63) is 0 Å². The third kappa shape index (κ3) is 6.25. The number of amides is 1. The minimum absolute atomic E-state index is 0.0837. The topological polar surface area (TPSA) is 41.1 Å². The fourth-order valence-corrected chi connectivity index (χ4v) is 3.04. The summed E-state index contributed by atoms with van der Waals surface area (Å²) in [4.78, 5) is 11.5. The lowest BCUT2D eigenvalue weighted by atomic mass is 9.76. The predicted molar refractivity (Wildman–Crippen MR) is 85.7 cm³/mol. The van der Waals surface area contributed by atoms with E-state index in [9.17, 15) is 4.79 Å². The van der Waals surface area contributed by atoms with E-state index in [0.29, 0.717) is 11.5 Å². The average molecular weight is 282 g/mol. The lowest BCUT2D eigenvalue weighted by molar-refractivity contribution is -0.123. The third-order valence-electron chi connectivity index (χ3n) is 4.58. The molecule has 2 N–H and O–H groups in total. The van der Waals surface area contributed by atoms with Crippen LogP contribution in [0, 0.1) is 17.3 Å². The molecule has 0 spiro atoms. The van der Waals surface area contributed by atoms with Gasteiger partial charge in [-0.1, -0.05) is 41.0 Å². The van der Waals surface area contributed by atoms with Crippen LogP contribution in [0.2, 0.25) is 0 Å². The summed E-state index contributed by atoms with van der Waals surface area (Å²) in [6, 6.07) is 0.637. The minimum atomic E-state index is 0.0837. The van der Waals surface area contributed by atoms with Crippen LogP contribution in [0.5, 0.6) is 0 Å². The number of hydrogen-bond donors (Lipinski definition) is 2. The molecule has 1 rings (SSSR count). The van der Waals surface area contributed by atoms with Gasteiger partial charge < -0.3 is 10.6 Å². The molecule has 1 fully saturated rings. The van der Waals surface area contributed by atoms with E-state index in [1.807, 2.05) is 13.8 Å². The monoisotopic (exact) mass is 282 g/mol. The molecule has 1 amide bonds. The SMILES string of the molecule is CC(C)C(=O)NCCNC1CCCC(C(C)(C)C)CC1. The zero-order valence-electron chi connectivity index (χ0n) is 14.1. The second-order valence-corrected chi connectivity index (χ2v) is 7.67. The van der Waals surface area contributed by atoms with Crippen molar-refractivity contribution >= 4 is 5.91 Å². The summed E-state index contributed by atoms with van der Waals surface area (Å²) in [6.07, 6.45) is 6.59. The average Bonchev–Trinajstić information content (AvgIpc) is 2.59. The summed E-state index contributed by atoms with van der Waals surface area (Å²) in [5.74, 6) is 1.09. The first-order valence-corrected chi connectivity index (χ1v) is 8.31. The number of carbonyl (C=O) groups excluding carboxylic acids is 1. The maximum Gasteiger partial charge on any atom is 0.222 e. The molecule has 20 heavy (non-hydrogen) atoms. The summed E-state index contributed by atoms with van der Waals surface area (Å²) < 4.78 is 0. The van der Waals surface area contributed by atoms with Gasteiger partial charge in [-0.25, -0.2) is 0 Å². The highest BCUT2D eigenvalue weighted by atomic mass is 16.1. The first kappa shape index (κ1) is 17.5. The first-order chi connectivity index (χ1) is 9.30. The van der Waals surface area contributed by atoms with Crippen LogP contribution in [0.15, 0.2) is 0 Å². The van der Waals surface area contributed by atoms with Crippen LogP contribution in [0.25, 0.3) is 0 Å². The quantitative estimate of drug-likeness (QED) is 0.600. The Hall–Kier alpha value is -0.570. The van der Waals surface area contributed by atoms with Gasteiger partial charge in [0, 0.05) is 25.0 Å². The Morgan fingerprint density at radius 2 is 1.80 bits per heavy atom. The van der Waals surface area contributed by atoms with Crippen LogP contribution in [0.1, 0.15) is 66.7 Å². The molecule has 0 aromatic rings. The van der Waals surface area contributed by atoms with Crippen LogP contribution < -0.4 is 10.6 Å². The normalized spacial score (nSPS) is 24.5. The van der Waals surface area contributed by atoms with E-state index in [0.717, 1.165) is 19.0 Å². The standard InChI is InChI=1S/C17H34N2O/c1-13(2)16(20)19-12-11-18-15-8-6-7-14(9-10-15)17(3,4)5/h13-15,18H,6-12H2,1-5H3,(H,19,20). The molecule has 3 heteroatoms. The van der Waals surface area contributed by atoms with E-state index in [1.165, 1.54) is 32.1 Å². The molecule has 0 radical (unpaired) electrons. The number of nitrogens with one attached hydrogen (secondary N) is 2. The Labute approximate surface area is 125 Å². The molecular weight excluding hydrogens is 248 g/mol. The fraction of sp³-hybridized carbons (Fsp3) is 0.941. The molecule has 1 saturated carbocycles. The Balaban J connectivity index is 2.21. The van der Waals surface area contributed by atoms with Crippen LogP contribution >= 0.6 is 0 Å². The molecule has 0 bridgehead atoms. The van der Waals surface area contributed by atoms with Crippen molar-refractivity contribution in [2.75, 3.05) is 13.1 Å². The Kier molecular flexibility index (Phi) is 7.01. The van der Waals surface area contributed by atoms with Gasteiger partial charge in [-0.05, 0) is 37.0 Å². The van der Waals surface area contributed by atoms with Gasteiger partial charge in [0.2, 0.25) is 5.91 Å². The van der Waals surface area contributed by atoms with E-state index in [1.54, 1.807) is 0 Å². The molecule has 0 aromatic heterocycles. The highest BCUT2D eigenvalue weighted by molar-refractivity contribution is 5.77. The molecule has 1 aliphatic carbocycles. The van der Waals surface area contributed by atoms with E-state index < -0.39 is 0 Å². The van der Waals surface area contributed by atoms with Crippen molar-refractivity contribution in [1.29, 1.82) is 0 Å². The van der Waals surface area contributed by atoms with Gasteiger partial charge in [-0.2, -0.15) is 0 Å². The molecule has 2 atom stereocenters. The number of rotatable bonds is 5. The zero-order chi connectivity index (χ0) is 15.2. The Bertz CT molecular complexity index is 294. The highest BCUT2D eigenvalue weighted by Crippen LogP contribution is 2.36. The summed E-state index contributed by atoms with van der Waals surface area (Å²) >= 11 is 0. The van der Waals surface area contributed by atoms with Crippen molar-refractivity contribution in [3.8, 4) is 0 Å². The maximum absolute atomic E-state index is 11.5. The molecule has 0 aromatic carbocycles. The van der Waals surface area contributed by atoms with Crippen LogP contribution in [-0.4, -0.2) is 25.0 Å². The van der Waals surface area contributed by atoms with Crippen LogP contribution in [-0.2, 0) is 4.79 Å². The van der Waals surface area contributed by atoms with Gasteiger partial charge >= 0.3 is 0 Å². The number of hydrogen-bond acceptors (Lipinski definition) is 2. The smallest absolute Gasteiger partial charge is 0.222 e. The Morgan fingerprint density at radius 3 is 2.40 bits per heavy atom. The van der Waals surface area contributed by atoms with Crippen molar-refractivity contribution in [3.63, 3.8) is 0 Å². The Morgan fingerprint density at radius 1 is 1.10 bits per heavy atom. The van der Waals surface area contributed by atoms with Gasteiger partial charge in [0.05, 0.1) is 0 Å². The van der Waals surface area contributed by atoms with Crippen molar-refractivity contribution < 1.29 is 4.79 Å². The summed E-state index contributed by atoms with van der Waals surface area (Å²) in [5.41, 5.74) is 0.445. The van der Waals surface area contributed by atoms with Gasteiger partial charge in [0.1, 0.15) is 0 Å².